The van der Waals surface area contributed by atoms with Crippen molar-refractivity contribution in [3.05, 3.63) is 6.07 Å². The highest BCUT2D eigenvalue weighted by Gasteiger charge is 2.16. The average Bonchev–Trinajstić information content (AvgIpc) is 2.47. The van der Waals surface area contributed by atoms with E-state index < -0.39 is 0 Å². The highest BCUT2D eigenvalue weighted by atomic mass is 16.5. The lowest BCUT2D eigenvalue weighted by molar-refractivity contribution is -0.134. The van der Waals surface area contributed by atoms with Gasteiger partial charge in [-0.05, 0) is 0 Å². The molecule has 1 saturated heterocycles. The molecule has 2 rings (SSSR count). The lowest BCUT2D eigenvalue weighted by Crippen LogP contribution is -2.41. The van der Waals surface area contributed by atoms with Crippen molar-refractivity contribution in [2.75, 3.05) is 56.3 Å². The van der Waals surface area contributed by atoms with Crippen molar-refractivity contribution in [1.82, 2.24) is 14.9 Å². The molecule has 1 fully saturated rings. The molecule has 4 N–H and O–H groups in total. The molecule has 0 atom stereocenters. The number of rotatable bonds is 5. The average molecular weight is 280 g/mol. The number of nitrogens with one attached hydrogen (secondary N) is 2. The number of nitrogen functional groups attached to an aromatic ring is 1. The summed E-state index contributed by atoms with van der Waals surface area (Å²) in [6, 6.07) is 1.75. The largest absolute Gasteiger partial charge is 0.378 e. The van der Waals surface area contributed by atoms with Crippen LogP contribution in [0.15, 0.2) is 6.07 Å². The number of ether oxygens (including phenoxy) is 1. The molecule has 1 aromatic heterocycles. The molecule has 0 saturated carbocycles. The van der Waals surface area contributed by atoms with Crippen molar-refractivity contribution in [1.29, 1.82) is 0 Å². The van der Waals surface area contributed by atoms with Crippen LogP contribution in [-0.2, 0) is 9.53 Å². The van der Waals surface area contributed by atoms with E-state index in [1.54, 1.807) is 13.1 Å². The number of anilines is 3. The van der Waals surface area contributed by atoms with Gasteiger partial charge in [0.2, 0.25) is 11.9 Å². The summed E-state index contributed by atoms with van der Waals surface area (Å²) in [6.07, 6.45) is 0.415. The molecule has 0 radical (unpaired) electrons. The number of amides is 1. The van der Waals surface area contributed by atoms with Gasteiger partial charge in [0.25, 0.3) is 0 Å². The number of carbonyl (C=O) groups is 1. The van der Waals surface area contributed by atoms with Crippen LogP contribution in [0.4, 0.5) is 17.6 Å². The van der Waals surface area contributed by atoms with Gasteiger partial charge in [-0.2, -0.15) is 9.97 Å². The minimum atomic E-state index is 0.122. The van der Waals surface area contributed by atoms with Crippen LogP contribution in [-0.4, -0.2) is 60.7 Å². The number of hydrogen-bond acceptors (Lipinski definition) is 7. The maximum Gasteiger partial charge on any atom is 0.224 e. The second kappa shape index (κ2) is 6.90. The van der Waals surface area contributed by atoms with Crippen molar-refractivity contribution in [3.8, 4) is 0 Å². The van der Waals surface area contributed by atoms with E-state index in [1.165, 1.54) is 0 Å². The van der Waals surface area contributed by atoms with Crippen LogP contribution in [0.5, 0.6) is 0 Å². The molecule has 2 heterocycles. The Labute approximate surface area is 117 Å². The van der Waals surface area contributed by atoms with Gasteiger partial charge in [-0.1, -0.05) is 0 Å². The Bertz CT molecular complexity index is 461. The molecular weight excluding hydrogens is 260 g/mol. The molecular formula is C12H20N6O2. The summed E-state index contributed by atoms with van der Waals surface area (Å²) in [5.41, 5.74) is 5.59. The van der Waals surface area contributed by atoms with E-state index in [-0.39, 0.29) is 11.9 Å². The van der Waals surface area contributed by atoms with Crippen LogP contribution in [0.2, 0.25) is 0 Å². The summed E-state index contributed by atoms with van der Waals surface area (Å²) in [6.45, 7) is 3.09. The van der Waals surface area contributed by atoms with E-state index in [4.69, 9.17) is 10.5 Å². The first kappa shape index (κ1) is 14.3. The van der Waals surface area contributed by atoms with Gasteiger partial charge < -0.3 is 26.0 Å². The zero-order valence-electron chi connectivity index (χ0n) is 11.6. The normalized spacial score (nSPS) is 14.9. The minimum Gasteiger partial charge on any atom is -0.378 e. The van der Waals surface area contributed by atoms with Gasteiger partial charge in [-0.3, -0.25) is 4.79 Å². The Hall–Kier alpha value is -2.09. The summed E-state index contributed by atoms with van der Waals surface area (Å²) in [7, 11) is 1.76. The van der Waals surface area contributed by atoms with E-state index in [2.05, 4.69) is 20.6 Å². The Morgan fingerprint density at radius 2 is 2.10 bits per heavy atom. The molecule has 1 aromatic rings. The van der Waals surface area contributed by atoms with Gasteiger partial charge in [-0.25, -0.2) is 0 Å². The molecule has 1 aliphatic heterocycles. The highest BCUT2D eigenvalue weighted by molar-refractivity contribution is 5.76. The third kappa shape index (κ3) is 3.95. The van der Waals surface area contributed by atoms with E-state index in [9.17, 15) is 4.79 Å². The van der Waals surface area contributed by atoms with Gasteiger partial charge in [0, 0.05) is 39.2 Å². The van der Waals surface area contributed by atoms with E-state index in [1.807, 2.05) is 4.90 Å². The fourth-order valence-corrected chi connectivity index (χ4v) is 1.95. The fraction of sp³-hybridized carbons (Fsp3) is 0.583. The first-order valence-electron chi connectivity index (χ1n) is 6.61. The van der Waals surface area contributed by atoms with Crippen LogP contribution in [0, 0.1) is 0 Å². The maximum absolute atomic E-state index is 11.9. The summed E-state index contributed by atoms with van der Waals surface area (Å²) in [4.78, 5) is 21.8. The number of nitrogens with two attached hydrogens (primary N) is 1. The maximum atomic E-state index is 11.9. The van der Waals surface area contributed by atoms with E-state index in [0.717, 1.165) is 0 Å². The van der Waals surface area contributed by atoms with Crippen molar-refractivity contribution in [2.45, 2.75) is 6.42 Å². The van der Waals surface area contributed by atoms with Crippen molar-refractivity contribution in [3.63, 3.8) is 0 Å². The van der Waals surface area contributed by atoms with Crippen LogP contribution < -0.4 is 16.4 Å². The number of morpholine rings is 1. The Kier molecular flexibility index (Phi) is 4.94. The SMILES string of the molecule is CNc1cc(NCCC(=O)N2CCOCC2)nc(N)n1. The van der Waals surface area contributed by atoms with Crippen molar-refractivity contribution >= 4 is 23.5 Å². The molecule has 0 bridgehead atoms. The second-order valence-corrected chi connectivity index (χ2v) is 4.42. The summed E-state index contributed by atoms with van der Waals surface area (Å²) < 4.78 is 5.22. The predicted octanol–water partition coefficient (Wildman–Crippen LogP) is -0.239. The highest BCUT2D eigenvalue weighted by Crippen LogP contribution is 2.11. The lowest BCUT2D eigenvalue weighted by atomic mass is 10.3. The van der Waals surface area contributed by atoms with E-state index >= 15 is 0 Å². The molecule has 8 nitrogen and oxygen atoms in total. The molecule has 0 aromatic carbocycles. The van der Waals surface area contributed by atoms with Crippen molar-refractivity contribution < 1.29 is 9.53 Å². The molecule has 110 valence electrons. The van der Waals surface area contributed by atoms with Crippen LogP contribution in [0.25, 0.3) is 0 Å². The van der Waals surface area contributed by atoms with E-state index in [0.29, 0.717) is 50.9 Å². The summed E-state index contributed by atoms with van der Waals surface area (Å²) >= 11 is 0. The molecule has 0 unspecified atom stereocenters. The van der Waals surface area contributed by atoms with Gasteiger partial charge in [0.1, 0.15) is 11.6 Å². The Balaban J connectivity index is 1.80. The van der Waals surface area contributed by atoms with Crippen molar-refractivity contribution in [2.24, 2.45) is 0 Å². The van der Waals surface area contributed by atoms with Gasteiger partial charge >= 0.3 is 0 Å². The number of aromatic nitrogens is 2. The number of hydrogen-bond donors (Lipinski definition) is 3. The molecule has 8 heteroatoms. The quantitative estimate of drug-likeness (QED) is 0.683. The monoisotopic (exact) mass is 280 g/mol. The smallest absolute Gasteiger partial charge is 0.224 e. The first-order chi connectivity index (χ1) is 9.69. The standard InChI is InChI=1S/C12H20N6O2/c1-14-9-8-10(17-12(13)16-9)15-3-2-11(19)18-4-6-20-7-5-18/h8H,2-7H2,1H3,(H4,13,14,15,16,17). The third-order valence-electron chi connectivity index (χ3n) is 3.01. The molecule has 1 aliphatic rings. The zero-order valence-corrected chi connectivity index (χ0v) is 11.6. The Morgan fingerprint density at radius 1 is 1.40 bits per heavy atom. The Morgan fingerprint density at radius 3 is 2.80 bits per heavy atom. The topological polar surface area (TPSA) is 105 Å². The fourth-order valence-electron chi connectivity index (χ4n) is 1.95. The minimum absolute atomic E-state index is 0.122. The predicted molar refractivity (Wildman–Crippen MR) is 76.5 cm³/mol. The van der Waals surface area contributed by atoms with Gasteiger partial charge in [0.05, 0.1) is 13.2 Å². The molecule has 20 heavy (non-hydrogen) atoms. The van der Waals surface area contributed by atoms with Crippen LogP contribution in [0.3, 0.4) is 0 Å². The molecule has 0 spiro atoms. The first-order valence-corrected chi connectivity index (χ1v) is 6.61. The second-order valence-electron chi connectivity index (χ2n) is 4.42. The summed E-state index contributed by atoms with van der Waals surface area (Å²) in [5, 5.41) is 5.98. The van der Waals surface area contributed by atoms with Gasteiger partial charge in [-0.15, -0.1) is 0 Å². The summed E-state index contributed by atoms with van der Waals surface area (Å²) in [5.74, 6) is 1.56. The van der Waals surface area contributed by atoms with Crippen LogP contribution in [0.1, 0.15) is 6.42 Å². The third-order valence-corrected chi connectivity index (χ3v) is 3.01. The number of nitrogens with zero attached hydrogens (tertiary/aromatic N) is 3. The zero-order chi connectivity index (χ0) is 14.4. The van der Waals surface area contributed by atoms with Gasteiger partial charge in [0.15, 0.2) is 0 Å². The molecule has 1 amide bonds. The molecule has 0 aliphatic carbocycles. The number of carbonyl (C=O) groups excluding carboxylic acids is 1. The lowest BCUT2D eigenvalue weighted by Gasteiger charge is -2.26. The van der Waals surface area contributed by atoms with Crippen LogP contribution >= 0.6 is 0 Å².